The van der Waals surface area contributed by atoms with Crippen molar-refractivity contribution in [3.8, 4) is 0 Å². The Labute approximate surface area is 114 Å². The van der Waals surface area contributed by atoms with E-state index in [4.69, 9.17) is 0 Å². The van der Waals surface area contributed by atoms with Crippen LogP contribution in [0.25, 0.3) is 0 Å². The second-order valence-electron chi connectivity index (χ2n) is 5.45. The first-order valence-electron chi connectivity index (χ1n) is 6.86. The minimum Gasteiger partial charge on any atom is -0.335 e. The lowest BCUT2D eigenvalue weighted by atomic mass is 9.91. The topological polar surface area (TPSA) is 20.3 Å². The maximum atomic E-state index is 12.6. The van der Waals surface area contributed by atoms with Gasteiger partial charge in [0.2, 0.25) is 0 Å². The van der Waals surface area contributed by atoms with Crippen LogP contribution in [-0.2, 0) is 0 Å². The zero-order valence-corrected chi connectivity index (χ0v) is 11.4. The molecule has 18 heavy (non-hydrogen) atoms. The molecule has 1 aromatic rings. The molecule has 3 heteroatoms. The number of likely N-dealkylation sites (tertiary alicyclic amines) is 1. The molecule has 1 aromatic carbocycles. The minimum atomic E-state index is 0.197. The van der Waals surface area contributed by atoms with E-state index in [0.717, 1.165) is 29.3 Å². The van der Waals surface area contributed by atoms with Crippen LogP contribution in [0.5, 0.6) is 0 Å². The van der Waals surface area contributed by atoms with Crippen LogP contribution in [0.2, 0.25) is 0 Å². The summed E-state index contributed by atoms with van der Waals surface area (Å²) < 4.78 is 0. The highest BCUT2D eigenvalue weighted by Crippen LogP contribution is 2.37. The zero-order valence-electron chi connectivity index (χ0n) is 10.5. The van der Waals surface area contributed by atoms with Crippen molar-refractivity contribution in [3.05, 3.63) is 29.8 Å². The van der Waals surface area contributed by atoms with Crippen LogP contribution in [0.4, 0.5) is 0 Å². The third-order valence-corrected chi connectivity index (χ3v) is 4.63. The highest BCUT2D eigenvalue weighted by molar-refractivity contribution is 7.80. The Morgan fingerprint density at radius 2 is 2.06 bits per heavy atom. The van der Waals surface area contributed by atoms with Crippen LogP contribution >= 0.6 is 12.6 Å². The molecule has 2 atom stereocenters. The molecule has 0 bridgehead atoms. The lowest BCUT2D eigenvalue weighted by molar-refractivity contribution is 0.0548. The fourth-order valence-electron chi connectivity index (χ4n) is 3.51. The third-order valence-electron chi connectivity index (χ3n) is 4.35. The summed E-state index contributed by atoms with van der Waals surface area (Å²) in [5.41, 5.74) is 0.787. The van der Waals surface area contributed by atoms with Crippen LogP contribution in [0.1, 0.15) is 42.5 Å². The lowest BCUT2D eigenvalue weighted by Gasteiger charge is -2.37. The number of rotatable bonds is 1. The summed E-state index contributed by atoms with van der Waals surface area (Å²) in [6, 6.07) is 8.10. The molecule has 3 rings (SSSR count). The Balaban J connectivity index is 1.83. The molecule has 96 valence electrons. The first kappa shape index (κ1) is 12.1. The molecule has 1 saturated carbocycles. The molecule has 1 aliphatic carbocycles. The lowest BCUT2D eigenvalue weighted by Crippen LogP contribution is -2.46. The van der Waals surface area contributed by atoms with Crippen molar-refractivity contribution in [2.75, 3.05) is 6.54 Å². The van der Waals surface area contributed by atoms with Crippen LogP contribution in [0.3, 0.4) is 0 Å². The first-order chi connectivity index (χ1) is 8.75. The molecule has 0 radical (unpaired) electrons. The van der Waals surface area contributed by atoms with Gasteiger partial charge in [-0.1, -0.05) is 12.5 Å². The van der Waals surface area contributed by atoms with Crippen LogP contribution in [0, 0.1) is 5.92 Å². The van der Waals surface area contributed by atoms with Gasteiger partial charge in [0.15, 0.2) is 0 Å². The molecule has 0 aromatic heterocycles. The van der Waals surface area contributed by atoms with Gasteiger partial charge in [0.05, 0.1) is 0 Å². The predicted octanol–water partition coefficient (Wildman–Crippen LogP) is 3.38. The van der Waals surface area contributed by atoms with Gasteiger partial charge in [0.25, 0.3) is 5.91 Å². The predicted molar refractivity (Wildman–Crippen MR) is 75.1 cm³/mol. The van der Waals surface area contributed by atoms with E-state index in [1.165, 1.54) is 25.7 Å². The molecule has 2 aliphatic rings. The van der Waals surface area contributed by atoms with Gasteiger partial charge in [-0.25, -0.2) is 0 Å². The highest BCUT2D eigenvalue weighted by atomic mass is 32.1. The molecule has 1 amide bonds. The second kappa shape index (κ2) is 4.96. The smallest absolute Gasteiger partial charge is 0.254 e. The largest absolute Gasteiger partial charge is 0.335 e. The second-order valence-corrected chi connectivity index (χ2v) is 5.97. The van der Waals surface area contributed by atoms with Gasteiger partial charge in [0.1, 0.15) is 0 Å². The molecule has 2 nitrogen and oxygen atoms in total. The van der Waals surface area contributed by atoms with Crippen molar-refractivity contribution >= 4 is 18.5 Å². The number of fused-ring (bicyclic) bond motifs is 1. The van der Waals surface area contributed by atoms with Crippen molar-refractivity contribution in [2.24, 2.45) is 5.92 Å². The number of nitrogens with zero attached hydrogens (tertiary/aromatic N) is 1. The molecule has 0 spiro atoms. The summed E-state index contributed by atoms with van der Waals surface area (Å²) in [7, 11) is 0. The zero-order chi connectivity index (χ0) is 12.5. The number of amides is 1. The van der Waals surface area contributed by atoms with Crippen LogP contribution < -0.4 is 0 Å². The Morgan fingerprint density at radius 3 is 2.89 bits per heavy atom. The number of hydrogen-bond donors (Lipinski definition) is 1. The summed E-state index contributed by atoms with van der Waals surface area (Å²) in [6.07, 6.45) is 6.25. The summed E-state index contributed by atoms with van der Waals surface area (Å²) in [6.45, 7) is 0.927. The summed E-state index contributed by atoms with van der Waals surface area (Å²) in [4.78, 5) is 15.6. The minimum absolute atomic E-state index is 0.197. The maximum absolute atomic E-state index is 12.6. The summed E-state index contributed by atoms with van der Waals surface area (Å²) in [5.74, 6) is 0.949. The van der Waals surface area contributed by atoms with Crippen molar-refractivity contribution in [1.82, 2.24) is 4.90 Å². The average Bonchev–Trinajstić information content (AvgIpc) is 2.86. The van der Waals surface area contributed by atoms with Gasteiger partial charge in [-0.15, -0.1) is 12.6 Å². The Hall–Kier alpha value is -0.960. The van der Waals surface area contributed by atoms with E-state index < -0.39 is 0 Å². The Bertz CT molecular complexity index is 460. The quantitative estimate of drug-likeness (QED) is 0.768. The molecule has 1 saturated heterocycles. The molecule has 2 unspecified atom stereocenters. The summed E-state index contributed by atoms with van der Waals surface area (Å²) in [5, 5.41) is 0. The van der Waals surface area contributed by atoms with E-state index in [1.807, 2.05) is 24.3 Å². The van der Waals surface area contributed by atoms with E-state index in [1.54, 1.807) is 0 Å². The Morgan fingerprint density at radius 1 is 1.22 bits per heavy atom. The monoisotopic (exact) mass is 261 g/mol. The van der Waals surface area contributed by atoms with Crippen molar-refractivity contribution in [3.63, 3.8) is 0 Å². The van der Waals surface area contributed by atoms with Gasteiger partial charge in [-0.05, 0) is 49.8 Å². The molecular weight excluding hydrogens is 242 g/mol. The summed E-state index contributed by atoms with van der Waals surface area (Å²) >= 11 is 4.32. The van der Waals surface area contributed by atoms with E-state index in [0.29, 0.717) is 6.04 Å². The van der Waals surface area contributed by atoms with Crippen LogP contribution in [0.15, 0.2) is 29.2 Å². The number of carbonyl (C=O) groups is 1. The van der Waals surface area contributed by atoms with Gasteiger partial charge in [0, 0.05) is 23.0 Å². The van der Waals surface area contributed by atoms with Crippen molar-refractivity contribution < 1.29 is 4.79 Å². The first-order valence-corrected chi connectivity index (χ1v) is 7.30. The molecule has 2 fully saturated rings. The average molecular weight is 261 g/mol. The van der Waals surface area contributed by atoms with Gasteiger partial charge in [-0.2, -0.15) is 0 Å². The molecular formula is C15H19NOS. The normalized spacial score (nSPS) is 27.1. The number of carbonyl (C=O) groups excluding carboxylic acids is 1. The SMILES string of the molecule is O=C(c1cccc(S)c1)N1CCCC2CCCC21. The van der Waals surface area contributed by atoms with E-state index in [2.05, 4.69) is 17.5 Å². The van der Waals surface area contributed by atoms with E-state index in [9.17, 15) is 4.79 Å². The standard InChI is InChI=1S/C15H19NOS/c17-15(12-5-1-7-13(18)10-12)16-9-3-6-11-4-2-8-14(11)16/h1,5,7,10-11,14,18H,2-4,6,8-9H2. The van der Waals surface area contributed by atoms with Crippen molar-refractivity contribution in [2.45, 2.75) is 43.0 Å². The van der Waals surface area contributed by atoms with E-state index >= 15 is 0 Å². The number of thiol groups is 1. The number of piperidine rings is 1. The molecule has 1 aliphatic heterocycles. The third kappa shape index (κ3) is 2.16. The number of hydrogen-bond acceptors (Lipinski definition) is 2. The fourth-order valence-corrected chi connectivity index (χ4v) is 3.74. The molecule has 1 heterocycles. The van der Waals surface area contributed by atoms with Gasteiger partial charge in [-0.3, -0.25) is 4.79 Å². The van der Waals surface area contributed by atoms with Crippen molar-refractivity contribution in [1.29, 1.82) is 0 Å². The van der Waals surface area contributed by atoms with Gasteiger partial charge >= 0.3 is 0 Å². The van der Waals surface area contributed by atoms with E-state index in [-0.39, 0.29) is 5.91 Å². The maximum Gasteiger partial charge on any atom is 0.254 e. The molecule has 0 N–H and O–H groups in total. The number of benzene rings is 1. The highest BCUT2D eigenvalue weighted by Gasteiger charge is 2.37. The fraction of sp³-hybridized carbons (Fsp3) is 0.533. The van der Waals surface area contributed by atoms with Gasteiger partial charge < -0.3 is 4.90 Å². The Kier molecular flexibility index (Phi) is 3.33. The van der Waals surface area contributed by atoms with Crippen LogP contribution in [-0.4, -0.2) is 23.4 Å².